The van der Waals surface area contributed by atoms with Crippen LogP contribution in [0.15, 0.2) is 42.5 Å². The quantitative estimate of drug-likeness (QED) is 0.724. The van der Waals surface area contributed by atoms with Crippen LogP contribution in [0, 0.1) is 5.82 Å². The van der Waals surface area contributed by atoms with Crippen molar-refractivity contribution in [3.63, 3.8) is 0 Å². The van der Waals surface area contributed by atoms with E-state index in [4.69, 9.17) is 11.6 Å². The highest BCUT2D eigenvalue weighted by Crippen LogP contribution is 2.28. The zero-order valence-corrected chi connectivity index (χ0v) is 17.3. The van der Waals surface area contributed by atoms with Gasteiger partial charge in [-0.05, 0) is 69.5 Å². The number of hydrogen-bond acceptors (Lipinski definition) is 3. The second-order valence-electron chi connectivity index (χ2n) is 7.44. The third-order valence-corrected chi connectivity index (χ3v) is 5.42. The van der Waals surface area contributed by atoms with E-state index in [1.807, 2.05) is 4.90 Å². The van der Waals surface area contributed by atoms with E-state index in [-0.39, 0.29) is 30.4 Å². The normalized spacial score (nSPS) is 19.0. The van der Waals surface area contributed by atoms with Gasteiger partial charge in [-0.3, -0.25) is 9.59 Å². The standard InChI is InChI=1S/C22H25ClFN3O2/c1-14-5-3-6-15(2)27(14)22(29)19-11-16(23)9-10-20(19)25-13-21(28)26-18-8-4-7-17(24)12-18/h4,7-12,14-15,25H,3,5-6,13H2,1-2H3,(H,26,28)/t14-,15-/m1/s1. The smallest absolute Gasteiger partial charge is 0.256 e. The second-order valence-corrected chi connectivity index (χ2v) is 7.88. The second kappa shape index (κ2) is 9.27. The molecule has 154 valence electrons. The Morgan fingerprint density at radius 2 is 1.86 bits per heavy atom. The van der Waals surface area contributed by atoms with Gasteiger partial charge in [-0.25, -0.2) is 4.39 Å². The molecule has 2 amide bonds. The Labute approximate surface area is 175 Å². The molecule has 0 saturated carbocycles. The highest BCUT2D eigenvalue weighted by molar-refractivity contribution is 6.31. The van der Waals surface area contributed by atoms with E-state index in [1.165, 1.54) is 18.2 Å². The lowest BCUT2D eigenvalue weighted by Gasteiger charge is -2.39. The first-order chi connectivity index (χ1) is 13.8. The monoisotopic (exact) mass is 417 g/mol. The van der Waals surface area contributed by atoms with E-state index in [9.17, 15) is 14.0 Å². The molecule has 5 nitrogen and oxygen atoms in total. The fourth-order valence-corrected chi connectivity index (χ4v) is 3.93. The molecule has 3 rings (SSSR count). The summed E-state index contributed by atoms with van der Waals surface area (Å²) < 4.78 is 13.3. The van der Waals surface area contributed by atoms with Crippen LogP contribution in [-0.4, -0.2) is 35.3 Å². The average molecular weight is 418 g/mol. The SMILES string of the molecule is C[C@@H]1CCC[C@@H](C)N1C(=O)c1cc(Cl)ccc1NCC(=O)Nc1cccc(F)c1. The predicted octanol–water partition coefficient (Wildman–Crippen LogP) is 4.93. The van der Waals surface area contributed by atoms with Crippen LogP contribution in [0.25, 0.3) is 0 Å². The summed E-state index contributed by atoms with van der Waals surface area (Å²) in [7, 11) is 0. The maximum atomic E-state index is 13.3. The third kappa shape index (κ3) is 5.26. The molecule has 2 N–H and O–H groups in total. The van der Waals surface area contributed by atoms with Gasteiger partial charge in [-0.15, -0.1) is 0 Å². The van der Waals surface area contributed by atoms with Gasteiger partial charge in [0.25, 0.3) is 5.91 Å². The van der Waals surface area contributed by atoms with Crippen LogP contribution < -0.4 is 10.6 Å². The lowest BCUT2D eigenvalue weighted by Crippen LogP contribution is -2.47. The highest BCUT2D eigenvalue weighted by atomic mass is 35.5. The first kappa shape index (κ1) is 21.1. The maximum absolute atomic E-state index is 13.3. The minimum Gasteiger partial charge on any atom is -0.375 e. The van der Waals surface area contributed by atoms with Crippen molar-refractivity contribution in [2.24, 2.45) is 0 Å². The summed E-state index contributed by atoms with van der Waals surface area (Å²) in [5, 5.41) is 6.10. The number of anilines is 2. The molecule has 2 aromatic carbocycles. The molecule has 1 aliphatic rings. The summed E-state index contributed by atoms with van der Waals surface area (Å²) >= 11 is 6.14. The third-order valence-electron chi connectivity index (χ3n) is 5.19. The fourth-order valence-electron chi connectivity index (χ4n) is 3.76. The van der Waals surface area contributed by atoms with Crippen molar-refractivity contribution in [1.29, 1.82) is 0 Å². The van der Waals surface area contributed by atoms with Crippen molar-refractivity contribution >= 4 is 34.8 Å². The number of rotatable bonds is 5. The molecule has 0 bridgehead atoms. The van der Waals surface area contributed by atoms with Crippen molar-refractivity contribution < 1.29 is 14.0 Å². The molecule has 1 heterocycles. The van der Waals surface area contributed by atoms with Crippen LogP contribution in [0.5, 0.6) is 0 Å². The van der Waals surface area contributed by atoms with Crippen molar-refractivity contribution in [2.75, 3.05) is 17.2 Å². The van der Waals surface area contributed by atoms with Gasteiger partial charge in [-0.2, -0.15) is 0 Å². The lowest BCUT2D eigenvalue weighted by atomic mass is 9.96. The Hall–Kier alpha value is -2.60. The molecule has 0 aromatic heterocycles. The number of nitrogens with zero attached hydrogens (tertiary/aromatic N) is 1. The van der Waals surface area contributed by atoms with Gasteiger partial charge < -0.3 is 15.5 Å². The summed E-state index contributed by atoms with van der Waals surface area (Å²) in [5.41, 5.74) is 1.36. The van der Waals surface area contributed by atoms with Crippen LogP contribution in [0.2, 0.25) is 5.02 Å². The minimum absolute atomic E-state index is 0.0659. The Bertz CT molecular complexity index is 895. The lowest BCUT2D eigenvalue weighted by molar-refractivity contribution is -0.114. The zero-order chi connectivity index (χ0) is 21.0. The molecule has 1 fully saturated rings. The summed E-state index contributed by atoms with van der Waals surface area (Å²) in [6, 6.07) is 11.0. The number of likely N-dealkylation sites (tertiary alicyclic amines) is 1. The van der Waals surface area contributed by atoms with E-state index in [2.05, 4.69) is 24.5 Å². The molecule has 0 radical (unpaired) electrons. The summed E-state index contributed by atoms with van der Waals surface area (Å²) in [6.07, 6.45) is 3.04. The fraction of sp³-hybridized carbons (Fsp3) is 0.364. The molecule has 2 aromatic rings. The van der Waals surface area contributed by atoms with E-state index in [1.54, 1.807) is 24.3 Å². The van der Waals surface area contributed by atoms with Gasteiger partial charge in [0.2, 0.25) is 5.91 Å². The van der Waals surface area contributed by atoms with Crippen LogP contribution in [0.4, 0.5) is 15.8 Å². The van der Waals surface area contributed by atoms with Gasteiger partial charge in [0, 0.05) is 28.5 Å². The number of carbonyl (C=O) groups is 2. The maximum Gasteiger partial charge on any atom is 0.256 e. The molecule has 0 spiro atoms. The summed E-state index contributed by atoms with van der Waals surface area (Å²) in [6.45, 7) is 4.04. The number of nitrogens with one attached hydrogen (secondary N) is 2. The zero-order valence-electron chi connectivity index (χ0n) is 16.5. The van der Waals surface area contributed by atoms with E-state index in [0.29, 0.717) is 22.0 Å². The van der Waals surface area contributed by atoms with Crippen LogP contribution in [-0.2, 0) is 4.79 Å². The molecule has 0 aliphatic carbocycles. The molecule has 2 atom stereocenters. The Balaban J connectivity index is 1.73. The van der Waals surface area contributed by atoms with E-state index in [0.717, 1.165) is 19.3 Å². The van der Waals surface area contributed by atoms with Crippen LogP contribution in [0.3, 0.4) is 0 Å². The topological polar surface area (TPSA) is 61.4 Å². The van der Waals surface area contributed by atoms with Gasteiger partial charge in [0.1, 0.15) is 5.82 Å². The van der Waals surface area contributed by atoms with Crippen molar-refractivity contribution in [3.8, 4) is 0 Å². The highest BCUT2D eigenvalue weighted by Gasteiger charge is 2.31. The number of hydrogen-bond donors (Lipinski definition) is 2. The summed E-state index contributed by atoms with van der Waals surface area (Å²) in [5.74, 6) is -0.866. The Morgan fingerprint density at radius 3 is 2.55 bits per heavy atom. The molecular formula is C22H25ClFN3O2. The predicted molar refractivity (Wildman–Crippen MR) is 114 cm³/mol. The Morgan fingerprint density at radius 1 is 1.14 bits per heavy atom. The molecule has 1 aliphatic heterocycles. The summed E-state index contributed by atoms with van der Waals surface area (Å²) in [4.78, 5) is 27.4. The Kier molecular flexibility index (Phi) is 6.75. The van der Waals surface area contributed by atoms with Gasteiger partial charge in [-0.1, -0.05) is 17.7 Å². The van der Waals surface area contributed by atoms with Crippen molar-refractivity contribution in [1.82, 2.24) is 4.90 Å². The van der Waals surface area contributed by atoms with E-state index >= 15 is 0 Å². The number of halogens is 2. The van der Waals surface area contributed by atoms with Crippen LogP contribution >= 0.6 is 11.6 Å². The minimum atomic E-state index is -0.425. The first-order valence-corrected chi connectivity index (χ1v) is 10.1. The van der Waals surface area contributed by atoms with Crippen molar-refractivity contribution in [2.45, 2.75) is 45.2 Å². The first-order valence-electron chi connectivity index (χ1n) is 9.76. The number of carbonyl (C=O) groups excluding carboxylic acids is 2. The van der Waals surface area contributed by atoms with Gasteiger partial charge >= 0.3 is 0 Å². The largest absolute Gasteiger partial charge is 0.375 e. The van der Waals surface area contributed by atoms with Gasteiger partial charge in [0.05, 0.1) is 12.1 Å². The number of piperidine rings is 1. The molecular weight excluding hydrogens is 393 g/mol. The van der Waals surface area contributed by atoms with Crippen molar-refractivity contribution in [3.05, 3.63) is 58.9 Å². The molecule has 1 saturated heterocycles. The molecule has 29 heavy (non-hydrogen) atoms. The molecule has 7 heteroatoms. The average Bonchev–Trinajstić information content (AvgIpc) is 2.66. The van der Waals surface area contributed by atoms with Crippen LogP contribution in [0.1, 0.15) is 43.5 Å². The van der Waals surface area contributed by atoms with Gasteiger partial charge in [0.15, 0.2) is 0 Å². The molecule has 0 unspecified atom stereocenters. The number of amides is 2. The number of benzene rings is 2. The van der Waals surface area contributed by atoms with E-state index < -0.39 is 5.82 Å².